The molecule has 0 aromatic heterocycles. The van der Waals surface area contributed by atoms with Gasteiger partial charge in [0.2, 0.25) is 5.91 Å². The molecule has 2 aromatic rings. The molecule has 2 unspecified atom stereocenters. The minimum absolute atomic E-state index is 0.0204. The number of nitrogens with one attached hydrogen (secondary N) is 2. The summed E-state index contributed by atoms with van der Waals surface area (Å²) in [7, 11) is -9.23. The second-order valence-corrected chi connectivity index (χ2v) is 12.9. The number of rotatable bonds is 9. The molecule has 9 nitrogen and oxygen atoms in total. The largest absolute Gasteiger partial charge is 0.496 e. The molecule has 1 saturated heterocycles. The Morgan fingerprint density at radius 1 is 0.932 bits per heavy atom. The highest BCUT2D eigenvalue weighted by atomic mass is 32.5. The predicted molar refractivity (Wildman–Crippen MR) is 144 cm³/mol. The molecule has 1 saturated carbocycles. The van der Waals surface area contributed by atoms with E-state index in [-0.39, 0.29) is 48.8 Å². The lowest BCUT2D eigenvalue weighted by Crippen LogP contribution is -2.50. The molecule has 1 aliphatic heterocycles. The Hall–Kier alpha value is -3.73. The van der Waals surface area contributed by atoms with Gasteiger partial charge in [-0.25, -0.2) is 8.78 Å². The fourth-order valence-electron chi connectivity index (χ4n) is 5.13. The molecule has 2 fully saturated rings. The first kappa shape index (κ1) is 33.2. The molecule has 0 radical (unpaired) electrons. The number of benzene rings is 2. The Bertz CT molecular complexity index is 1450. The van der Waals surface area contributed by atoms with Gasteiger partial charge in [0.05, 0.1) is 43.3 Å². The lowest BCUT2D eigenvalue weighted by molar-refractivity contribution is -0.143. The van der Waals surface area contributed by atoms with Gasteiger partial charge in [0.1, 0.15) is 16.5 Å². The standard InChI is InChI=1S/C27H29F7N2O7S/c1-41-22-12-20(29)23(43-16-5-2-14(3-6-16)27(39)40)11-18(22)26(38)36-21-13-42-9-8-17(21)25(37)35-15-4-7-19(28)24(10-15)44(30,31,32,33)34/h4,7,10-12,14,16-17,21H,2-3,5-6,8-9,13H2,1H3,(H,35,37)(H,36,38)(H,39,40). The highest BCUT2D eigenvalue weighted by molar-refractivity contribution is 8.45. The van der Waals surface area contributed by atoms with E-state index in [1.807, 2.05) is 0 Å². The van der Waals surface area contributed by atoms with E-state index in [4.69, 9.17) is 19.3 Å². The number of carbonyl (C=O) groups is 3. The molecule has 0 bridgehead atoms. The predicted octanol–water partition coefficient (Wildman–Crippen LogP) is 6.43. The number of aliphatic carboxylic acids is 1. The van der Waals surface area contributed by atoms with Crippen LogP contribution < -0.4 is 20.1 Å². The van der Waals surface area contributed by atoms with Crippen LogP contribution in [-0.4, -0.2) is 55.4 Å². The van der Waals surface area contributed by atoms with E-state index in [9.17, 15) is 42.6 Å². The third kappa shape index (κ3) is 7.85. The van der Waals surface area contributed by atoms with Crippen LogP contribution in [0.1, 0.15) is 42.5 Å². The normalized spacial score (nSPS) is 23.9. The molecule has 2 aromatic carbocycles. The van der Waals surface area contributed by atoms with E-state index in [2.05, 4.69) is 10.6 Å². The van der Waals surface area contributed by atoms with Crippen molar-refractivity contribution in [1.29, 1.82) is 0 Å². The van der Waals surface area contributed by atoms with Crippen LogP contribution >= 0.6 is 10.2 Å². The topological polar surface area (TPSA) is 123 Å². The Kier molecular flexibility index (Phi) is 8.78. The second kappa shape index (κ2) is 11.6. The molecular weight excluding hydrogens is 629 g/mol. The van der Waals surface area contributed by atoms with Gasteiger partial charge in [-0.2, -0.15) is 0 Å². The monoisotopic (exact) mass is 658 g/mol. The van der Waals surface area contributed by atoms with Crippen molar-refractivity contribution < 1.29 is 61.9 Å². The average molecular weight is 659 g/mol. The van der Waals surface area contributed by atoms with E-state index < -0.39 is 74.2 Å². The molecule has 1 heterocycles. The molecule has 2 amide bonds. The molecule has 244 valence electrons. The van der Waals surface area contributed by atoms with Gasteiger partial charge in [-0.15, -0.1) is 0 Å². The SMILES string of the molecule is COc1cc(F)c(OC2CCC(C(=O)O)CC2)cc1C(=O)NC1COCCC1C(=O)Nc1ccc(F)c(S(F)(F)(F)(F)F)c1. The van der Waals surface area contributed by atoms with E-state index in [0.717, 1.165) is 12.1 Å². The van der Waals surface area contributed by atoms with Crippen molar-refractivity contribution in [2.75, 3.05) is 25.6 Å². The fraction of sp³-hybridized carbons (Fsp3) is 0.444. The number of halogens is 7. The van der Waals surface area contributed by atoms with Crippen LogP contribution in [0.5, 0.6) is 11.5 Å². The average Bonchev–Trinajstić information content (AvgIpc) is 2.94. The molecule has 3 N–H and O–H groups in total. The molecule has 44 heavy (non-hydrogen) atoms. The zero-order valence-corrected chi connectivity index (χ0v) is 23.9. The summed E-state index contributed by atoms with van der Waals surface area (Å²) in [5, 5.41) is 13.8. The number of carboxylic acid groups (broad SMARTS) is 1. The molecule has 1 aliphatic carbocycles. The molecule has 2 aliphatic rings. The van der Waals surface area contributed by atoms with Crippen molar-refractivity contribution in [2.45, 2.75) is 49.1 Å². The maximum atomic E-state index is 14.8. The van der Waals surface area contributed by atoms with Gasteiger partial charge in [0.25, 0.3) is 5.91 Å². The van der Waals surface area contributed by atoms with E-state index in [1.54, 1.807) is 0 Å². The van der Waals surface area contributed by atoms with Gasteiger partial charge in [0, 0.05) is 18.4 Å². The quantitative estimate of drug-likeness (QED) is 0.266. The van der Waals surface area contributed by atoms with Crippen molar-refractivity contribution in [1.82, 2.24) is 5.32 Å². The summed E-state index contributed by atoms with van der Waals surface area (Å²) in [6, 6.07) is 1.58. The van der Waals surface area contributed by atoms with Crippen molar-refractivity contribution in [2.24, 2.45) is 11.8 Å². The second-order valence-electron chi connectivity index (χ2n) is 10.6. The summed E-state index contributed by atoms with van der Waals surface area (Å²) in [6.07, 6.45) is 0.816. The van der Waals surface area contributed by atoms with Gasteiger partial charge < -0.3 is 30.0 Å². The molecular formula is C27H29F7N2O7S. The Labute approximate surface area is 246 Å². The maximum absolute atomic E-state index is 14.8. The minimum Gasteiger partial charge on any atom is -0.496 e. The highest BCUT2D eigenvalue weighted by Gasteiger charge is 2.67. The summed E-state index contributed by atoms with van der Waals surface area (Å²) in [6.45, 7) is -0.198. The number of ether oxygens (including phenoxy) is 3. The van der Waals surface area contributed by atoms with Crippen LogP contribution in [-0.2, 0) is 14.3 Å². The van der Waals surface area contributed by atoms with Crippen LogP contribution in [0, 0.1) is 23.5 Å². The van der Waals surface area contributed by atoms with Gasteiger partial charge in [-0.05, 0) is 56.4 Å². The van der Waals surface area contributed by atoms with Gasteiger partial charge in [-0.1, -0.05) is 19.4 Å². The molecule has 0 spiro atoms. The van der Waals surface area contributed by atoms with Gasteiger partial charge in [0.15, 0.2) is 11.6 Å². The third-order valence-electron chi connectivity index (χ3n) is 7.44. The molecule has 2 atom stereocenters. The van der Waals surface area contributed by atoms with Crippen LogP contribution in [0.25, 0.3) is 0 Å². The van der Waals surface area contributed by atoms with Gasteiger partial charge in [-0.3, -0.25) is 14.4 Å². The molecule has 4 rings (SSSR count). The first-order valence-electron chi connectivity index (χ1n) is 13.4. The first-order chi connectivity index (χ1) is 20.4. The van der Waals surface area contributed by atoms with Gasteiger partial charge >= 0.3 is 16.2 Å². The summed E-state index contributed by atoms with van der Waals surface area (Å²) in [4.78, 5) is 34.7. The third-order valence-corrected chi connectivity index (χ3v) is 8.58. The highest BCUT2D eigenvalue weighted by Crippen LogP contribution is 3.02. The van der Waals surface area contributed by atoms with Crippen molar-refractivity contribution in [3.8, 4) is 11.5 Å². The smallest absolute Gasteiger partial charge is 0.313 e. The fourth-order valence-corrected chi connectivity index (χ4v) is 5.92. The number of carboxylic acids is 1. The van der Waals surface area contributed by atoms with E-state index >= 15 is 0 Å². The van der Waals surface area contributed by atoms with Crippen LogP contribution in [0.4, 0.5) is 33.9 Å². The molecule has 17 heteroatoms. The lowest BCUT2D eigenvalue weighted by atomic mass is 9.87. The zero-order chi connectivity index (χ0) is 32.5. The Balaban J connectivity index is 1.50. The van der Waals surface area contributed by atoms with E-state index in [0.29, 0.717) is 31.7 Å². The van der Waals surface area contributed by atoms with Crippen LogP contribution in [0.15, 0.2) is 35.2 Å². The summed E-state index contributed by atoms with van der Waals surface area (Å²) < 4.78 is 111. The van der Waals surface area contributed by atoms with E-state index in [1.165, 1.54) is 7.11 Å². The number of hydrogen-bond acceptors (Lipinski definition) is 6. The number of amides is 2. The van der Waals surface area contributed by atoms with Crippen molar-refractivity contribution in [3.63, 3.8) is 0 Å². The number of methoxy groups -OCH3 is 1. The van der Waals surface area contributed by atoms with Crippen molar-refractivity contribution in [3.05, 3.63) is 47.5 Å². The maximum Gasteiger partial charge on any atom is 0.313 e. The van der Waals surface area contributed by atoms with Crippen LogP contribution in [0.3, 0.4) is 0 Å². The van der Waals surface area contributed by atoms with Crippen LogP contribution in [0.2, 0.25) is 0 Å². The summed E-state index contributed by atoms with van der Waals surface area (Å²) >= 11 is 0. The first-order valence-corrected chi connectivity index (χ1v) is 15.3. The van der Waals surface area contributed by atoms with Crippen molar-refractivity contribution >= 4 is 33.7 Å². The Morgan fingerprint density at radius 2 is 1.61 bits per heavy atom. The summed E-state index contributed by atoms with van der Waals surface area (Å²) in [5.41, 5.74) is -0.928. The number of anilines is 1. The number of carbonyl (C=O) groups excluding carboxylic acids is 2. The zero-order valence-electron chi connectivity index (χ0n) is 23.1. The number of hydrogen-bond donors (Lipinski definition) is 3. The summed E-state index contributed by atoms with van der Waals surface area (Å²) in [5.74, 6) is -7.91. The lowest BCUT2D eigenvalue weighted by Gasteiger charge is -2.40. The Morgan fingerprint density at radius 3 is 2.23 bits per heavy atom. The minimum atomic E-state index is -10.4.